The standard InChI is InChI=1S/C20H18F3N3O2S/c21-20(22,23)14-7-5-13(6-8-14)12-29-19-25-17-16(4-1-9-24-17)18(27)26(19)11-15-3-2-10-28-15/h1,4-9,15H,2-3,10-12H2. The van der Waals surface area contributed by atoms with E-state index in [1.165, 1.54) is 23.9 Å². The van der Waals surface area contributed by atoms with Crippen LogP contribution in [0, 0.1) is 0 Å². The van der Waals surface area contributed by atoms with Crippen molar-refractivity contribution >= 4 is 22.8 Å². The Balaban J connectivity index is 1.62. The fourth-order valence-corrected chi connectivity index (χ4v) is 4.19. The van der Waals surface area contributed by atoms with E-state index in [1.54, 1.807) is 22.9 Å². The molecule has 0 N–H and O–H groups in total. The number of halogens is 3. The Morgan fingerprint density at radius 1 is 1.21 bits per heavy atom. The van der Waals surface area contributed by atoms with Gasteiger partial charge in [-0.3, -0.25) is 9.36 Å². The molecule has 0 saturated carbocycles. The number of fused-ring (bicyclic) bond motifs is 1. The predicted molar refractivity (Wildman–Crippen MR) is 104 cm³/mol. The summed E-state index contributed by atoms with van der Waals surface area (Å²) >= 11 is 1.30. The third kappa shape index (κ3) is 4.45. The van der Waals surface area contributed by atoms with Crippen LogP contribution in [0.25, 0.3) is 11.0 Å². The van der Waals surface area contributed by atoms with Crippen molar-refractivity contribution in [3.05, 3.63) is 64.1 Å². The molecule has 1 saturated heterocycles. The summed E-state index contributed by atoms with van der Waals surface area (Å²) < 4.78 is 45.5. The molecule has 2 aromatic heterocycles. The van der Waals surface area contributed by atoms with Gasteiger partial charge >= 0.3 is 6.18 Å². The smallest absolute Gasteiger partial charge is 0.376 e. The van der Waals surface area contributed by atoms with Crippen molar-refractivity contribution < 1.29 is 17.9 Å². The molecule has 4 rings (SSSR count). The summed E-state index contributed by atoms with van der Waals surface area (Å²) in [4.78, 5) is 21.7. The number of benzene rings is 1. The number of aromatic nitrogens is 3. The minimum atomic E-state index is -4.36. The first-order chi connectivity index (χ1) is 13.9. The van der Waals surface area contributed by atoms with Crippen LogP contribution in [0.15, 0.2) is 52.5 Å². The Morgan fingerprint density at radius 2 is 2.00 bits per heavy atom. The van der Waals surface area contributed by atoms with Crippen molar-refractivity contribution in [3.8, 4) is 0 Å². The van der Waals surface area contributed by atoms with Gasteiger partial charge in [-0.2, -0.15) is 13.2 Å². The van der Waals surface area contributed by atoms with Crippen LogP contribution < -0.4 is 5.56 Å². The van der Waals surface area contributed by atoms with Crippen LogP contribution in [0.5, 0.6) is 0 Å². The molecule has 0 amide bonds. The summed E-state index contributed by atoms with van der Waals surface area (Å²) in [6, 6.07) is 8.38. The molecule has 9 heteroatoms. The number of hydrogen-bond donors (Lipinski definition) is 0. The number of hydrogen-bond acceptors (Lipinski definition) is 5. The predicted octanol–water partition coefficient (Wildman–Crippen LogP) is 4.28. The monoisotopic (exact) mass is 421 g/mol. The van der Waals surface area contributed by atoms with E-state index in [9.17, 15) is 18.0 Å². The van der Waals surface area contributed by atoms with Crippen molar-refractivity contribution in [2.24, 2.45) is 0 Å². The van der Waals surface area contributed by atoms with Gasteiger partial charge in [0.15, 0.2) is 10.8 Å². The van der Waals surface area contributed by atoms with Gasteiger partial charge < -0.3 is 4.74 Å². The van der Waals surface area contributed by atoms with Gasteiger partial charge in [0.1, 0.15) is 0 Å². The van der Waals surface area contributed by atoms with Crippen molar-refractivity contribution in [1.29, 1.82) is 0 Å². The molecule has 1 aromatic carbocycles. The van der Waals surface area contributed by atoms with E-state index in [0.717, 1.165) is 25.0 Å². The van der Waals surface area contributed by atoms with Gasteiger partial charge in [0.05, 0.1) is 23.6 Å². The molecule has 1 fully saturated rings. The molecule has 1 atom stereocenters. The number of ether oxygens (including phenoxy) is 1. The van der Waals surface area contributed by atoms with Crippen LogP contribution in [-0.4, -0.2) is 27.2 Å². The normalized spacial score (nSPS) is 17.1. The highest BCUT2D eigenvalue weighted by Crippen LogP contribution is 2.30. The number of alkyl halides is 3. The molecule has 0 radical (unpaired) electrons. The lowest BCUT2D eigenvalue weighted by molar-refractivity contribution is -0.137. The van der Waals surface area contributed by atoms with Crippen molar-refractivity contribution in [3.63, 3.8) is 0 Å². The maximum Gasteiger partial charge on any atom is 0.416 e. The molecule has 1 aliphatic rings. The second-order valence-corrected chi connectivity index (χ2v) is 7.75. The van der Waals surface area contributed by atoms with Gasteiger partial charge in [-0.1, -0.05) is 23.9 Å². The molecule has 0 aliphatic carbocycles. The molecule has 1 aliphatic heterocycles. The minimum absolute atomic E-state index is 0.0472. The fourth-order valence-electron chi connectivity index (χ4n) is 3.24. The number of pyridine rings is 1. The molecule has 5 nitrogen and oxygen atoms in total. The van der Waals surface area contributed by atoms with E-state index in [2.05, 4.69) is 9.97 Å². The van der Waals surface area contributed by atoms with E-state index in [4.69, 9.17) is 4.74 Å². The molecule has 3 aromatic rings. The van der Waals surface area contributed by atoms with Gasteiger partial charge in [-0.05, 0) is 42.7 Å². The second-order valence-electron chi connectivity index (χ2n) is 6.80. The maximum atomic E-state index is 13.0. The Kier molecular flexibility index (Phi) is 5.60. The van der Waals surface area contributed by atoms with Crippen molar-refractivity contribution in [2.75, 3.05) is 6.61 Å². The number of nitrogens with zero attached hydrogens (tertiary/aromatic N) is 3. The first-order valence-electron chi connectivity index (χ1n) is 9.18. The van der Waals surface area contributed by atoms with Crippen LogP contribution in [0.3, 0.4) is 0 Å². The van der Waals surface area contributed by atoms with Crippen LogP contribution in [0.1, 0.15) is 24.0 Å². The molecule has 3 heterocycles. The Bertz CT molecular complexity index is 1060. The third-order valence-electron chi connectivity index (χ3n) is 4.75. The minimum Gasteiger partial charge on any atom is -0.376 e. The van der Waals surface area contributed by atoms with Gasteiger partial charge in [-0.25, -0.2) is 9.97 Å². The molecule has 1 unspecified atom stereocenters. The lowest BCUT2D eigenvalue weighted by atomic mass is 10.1. The number of rotatable bonds is 5. The van der Waals surface area contributed by atoms with Crippen LogP contribution >= 0.6 is 11.8 Å². The first-order valence-corrected chi connectivity index (χ1v) is 10.2. The van der Waals surface area contributed by atoms with Crippen LogP contribution in [0.4, 0.5) is 13.2 Å². The molecule has 0 spiro atoms. The van der Waals surface area contributed by atoms with E-state index in [-0.39, 0.29) is 11.7 Å². The summed E-state index contributed by atoms with van der Waals surface area (Å²) in [5, 5.41) is 0.918. The fraction of sp³-hybridized carbons (Fsp3) is 0.350. The van der Waals surface area contributed by atoms with Gasteiger partial charge in [0.25, 0.3) is 5.56 Å². The highest BCUT2D eigenvalue weighted by Gasteiger charge is 2.30. The van der Waals surface area contributed by atoms with E-state index in [1.807, 2.05) is 0 Å². The molecular weight excluding hydrogens is 403 g/mol. The highest BCUT2D eigenvalue weighted by atomic mass is 32.2. The zero-order valence-electron chi connectivity index (χ0n) is 15.4. The van der Waals surface area contributed by atoms with E-state index < -0.39 is 11.7 Å². The third-order valence-corrected chi connectivity index (χ3v) is 5.80. The average molecular weight is 421 g/mol. The highest BCUT2D eigenvalue weighted by molar-refractivity contribution is 7.98. The Hall–Kier alpha value is -2.39. The molecule has 0 bridgehead atoms. The van der Waals surface area contributed by atoms with Gasteiger partial charge in [0.2, 0.25) is 0 Å². The summed E-state index contributed by atoms with van der Waals surface area (Å²) in [7, 11) is 0. The summed E-state index contributed by atoms with van der Waals surface area (Å²) in [6.07, 6.45) is -1.01. The van der Waals surface area contributed by atoms with E-state index in [0.29, 0.717) is 40.7 Å². The van der Waals surface area contributed by atoms with Gasteiger partial charge in [0, 0.05) is 18.6 Å². The average Bonchev–Trinajstić information content (AvgIpc) is 3.22. The topological polar surface area (TPSA) is 57.0 Å². The zero-order chi connectivity index (χ0) is 20.4. The van der Waals surface area contributed by atoms with Gasteiger partial charge in [-0.15, -0.1) is 0 Å². The van der Waals surface area contributed by atoms with Crippen LogP contribution in [0.2, 0.25) is 0 Å². The SMILES string of the molecule is O=c1c2cccnc2nc(SCc2ccc(C(F)(F)F)cc2)n1CC1CCCO1. The van der Waals surface area contributed by atoms with Crippen LogP contribution in [-0.2, 0) is 23.2 Å². The summed E-state index contributed by atoms with van der Waals surface area (Å²) in [5.41, 5.74) is 0.195. The summed E-state index contributed by atoms with van der Waals surface area (Å²) in [6.45, 7) is 1.07. The second kappa shape index (κ2) is 8.16. The lowest BCUT2D eigenvalue weighted by Crippen LogP contribution is -2.29. The lowest BCUT2D eigenvalue weighted by Gasteiger charge is -2.16. The molecule has 29 heavy (non-hydrogen) atoms. The molecular formula is C20H18F3N3O2S. The summed E-state index contributed by atoms with van der Waals surface area (Å²) in [5.74, 6) is 0.383. The largest absolute Gasteiger partial charge is 0.416 e. The first kappa shape index (κ1) is 19.9. The quantitative estimate of drug-likeness (QED) is 0.455. The van der Waals surface area contributed by atoms with Crippen molar-refractivity contribution in [1.82, 2.24) is 14.5 Å². The number of thioether (sulfide) groups is 1. The van der Waals surface area contributed by atoms with Crippen molar-refractivity contribution in [2.45, 2.75) is 42.6 Å². The van der Waals surface area contributed by atoms with E-state index >= 15 is 0 Å². The maximum absolute atomic E-state index is 13.0. The molecule has 152 valence electrons. The Morgan fingerprint density at radius 3 is 2.69 bits per heavy atom. The Labute approximate surface area is 168 Å². The zero-order valence-corrected chi connectivity index (χ0v) is 16.2.